The van der Waals surface area contributed by atoms with Crippen molar-refractivity contribution < 1.29 is 41.7 Å². The zero-order chi connectivity index (χ0) is 36.1. The van der Waals surface area contributed by atoms with E-state index in [4.69, 9.17) is 18.9 Å². The first-order valence-corrected chi connectivity index (χ1v) is 20.2. The quantitative estimate of drug-likeness (QED) is 0.189. The number of alkyl halides is 3. The third-order valence-corrected chi connectivity index (χ3v) is 9.74. The molecule has 0 spiro atoms. The van der Waals surface area contributed by atoms with Gasteiger partial charge in [0.1, 0.15) is 37.1 Å². The zero-order valence-corrected chi connectivity index (χ0v) is 29.7. The molecule has 1 saturated heterocycles. The number of amides is 2. The van der Waals surface area contributed by atoms with E-state index in [1.807, 2.05) is 35.2 Å². The molecule has 4 rings (SSSR count). The molecule has 272 valence electrons. The summed E-state index contributed by atoms with van der Waals surface area (Å²) in [6, 6.07) is 15.7. The van der Waals surface area contributed by atoms with Crippen LogP contribution in [0.1, 0.15) is 17.5 Å². The highest BCUT2D eigenvalue weighted by Gasteiger charge is 2.46. The number of rotatable bonds is 17. The lowest BCUT2D eigenvalue weighted by molar-refractivity contribution is -0.153. The number of hydrogen-bond donors (Lipinski definition) is 1. The van der Waals surface area contributed by atoms with Gasteiger partial charge in [-0.05, 0) is 23.7 Å². The second-order valence-corrected chi connectivity index (χ2v) is 18.7. The van der Waals surface area contributed by atoms with E-state index in [0.29, 0.717) is 44.2 Å². The van der Waals surface area contributed by atoms with Crippen LogP contribution < -0.4 is 10.3 Å². The Labute approximate surface area is 291 Å². The van der Waals surface area contributed by atoms with Gasteiger partial charge in [-0.1, -0.05) is 50.0 Å². The molecule has 2 aliphatic rings. The minimum Gasteiger partial charge on any atom is -0.493 e. The molecule has 3 heterocycles. The molecule has 1 N–H and O–H groups in total. The normalized spacial score (nSPS) is 16.4. The molecule has 1 fully saturated rings. The van der Waals surface area contributed by atoms with Crippen LogP contribution in [-0.2, 0) is 35.1 Å². The van der Waals surface area contributed by atoms with Gasteiger partial charge in [-0.25, -0.2) is 15.4 Å². The zero-order valence-electron chi connectivity index (χ0n) is 28.7. The average molecular weight is 719 g/mol. The summed E-state index contributed by atoms with van der Waals surface area (Å²) in [5, 5.41) is 10.2. The van der Waals surface area contributed by atoms with Crippen molar-refractivity contribution in [3.8, 4) is 6.07 Å². The van der Waals surface area contributed by atoms with E-state index in [1.165, 1.54) is 0 Å². The third kappa shape index (κ3) is 11.8. The largest absolute Gasteiger partial charge is 0.493 e. The van der Waals surface area contributed by atoms with Gasteiger partial charge in [0.05, 0.1) is 38.3 Å². The fourth-order valence-corrected chi connectivity index (χ4v) is 5.97. The minimum absolute atomic E-state index is 0.0223. The number of anilines is 1. The number of aromatic nitrogens is 1. The number of hydrazine groups is 1. The Morgan fingerprint density at radius 3 is 2.46 bits per heavy atom. The summed E-state index contributed by atoms with van der Waals surface area (Å²) in [5.74, 6) is -1.41. The van der Waals surface area contributed by atoms with E-state index >= 15 is 0 Å². The summed E-state index contributed by atoms with van der Waals surface area (Å²) < 4.78 is 65.2. The number of nitriles is 1. The van der Waals surface area contributed by atoms with Crippen LogP contribution in [0, 0.1) is 11.3 Å². The highest BCUT2D eigenvalue weighted by molar-refractivity contribution is 6.76. The maximum atomic E-state index is 14.1. The van der Waals surface area contributed by atoms with Crippen molar-refractivity contribution in [2.75, 3.05) is 70.8 Å². The van der Waals surface area contributed by atoms with Gasteiger partial charge in [0.25, 0.3) is 5.91 Å². The van der Waals surface area contributed by atoms with E-state index < -0.39 is 37.6 Å². The number of nitrogens with zero attached hydrogens (tertiary/aromatic N) is 5. The van der Waals surface area contributed by atoms with Crippen molar-refractivity contribution >= 4 is 25.7 Å². The number of ether oxygens (including phenoxy) is 4. The lowest BCUT2D eigenvalue weighted by atomic mass is 10.1. The van der Waals surface area contributed by atoms with Crippen LogP contribution in [0.3, 0.4) is 0 Å². The van der Waals surface area contributed by atoms with Gasteiger partial charge in [-0.15, -0.1) is 0 Å². The molecule has 1 aromatic carbocycles. The van der Waals surface area contributed by atoms with Gasteiger partial charge < -0.3 is 28.7 Å². The Hall–Kier alpha value is -4.01. The van der Waals surface area contributed by atoms with Crippen molar-refractivity contribution in [1.29, 1.82) is 5.26 Å². The van der Waals surface area contributed by atoms with Crippen molar-refractivity contribution in [3.05, 3.63) is 71.1 Å². The number of pyridine rings is 1. The van der Waals surface area contributed by atoms with Gasteiger partial charge in [0.2, 0.25) is 5.91 Å². The third-order valence-electron chi connectivity index (χ3n) is 8.04. The number of nitrogens with one attached hydrogen (secondary N) is 1. The summed E-state index contributed by atoms with van der Waals surface area (Å²) in [5.41, 5.74) is 2.62. The van der Waals surface area contributed by atoms with Crippen molar-refractivity contribution in [1.82, 2.24) is 20.3 Å². The van der Waals surface area contributed by atoms with Crippen LogP contribution in [0.4, 0.5) is 19.0 Å². The molecule has 16 heteroatoms. The number of piperazine rings is 1. The van der Waals surface area contributed by atoms with Gasteiger partial charge in [-0.2, -0.15) is 18.4 Å². The first-order valence-electron chi connectivity index (χ1n) is 16.5. The second kappa shape index (κ2) is 18.3. The van der Waals surface area contributed by atoms with Crippen LogP contribution >= 0.6 is 0 Å². The van der Waals surface area contributed by atoms with Crippen LogP contribution in [0.25, 0.3) is 0 Å². The summed E-state index contributed by atoms with van der Waals surface area (Å²) in [6.07, 6.45) is -4.14. The van der Waals surface area contributed by atoms with Gasteiger partial charge in [0.15, 0.2) is 5.57 Å². The van der Waals surface area contributed by atoms with Crippen molar-refractivity contribution in [2.24, 2.45) is 0 Å². The molecular weight excluding hydrogens is 673 g/mol. The highest BCUT2D eigenvalue weighted by Crippen LogP contribution is 2.32. The smallest absolute Gasteiger partial charge is 0.425 e. The summed E-state index contributed by atoms with van der Waals surface area (Å²) in [7, 11) is -1.42. The van der Waals surface area contributed by atoms with Crippen LogP contribution in [0.5, 0.6) is 0 Å². The standard InChI is InChI=1S/C34H45F3N6O6Si/c1-50(2,3)19-18-46-25-43-33(45)31(34(35,36)37)29(21-40-43)49-24-28(23-47-22-26-8-5-4-6-9-26)48-17-11-30(44)41-13-15-42(16-14-41)32-27(20-38)10-7-12-39-32/h4-10,12,28,40H,11,13-19,21-25H2,1-3H3. The van der Waals surface area contributed by atoms with Crippen molar-refractivity contribution in [3.63, 3.8) is 0 Å². The monoisotopic (exact) mass is 718 g/mol. The maximum Gasteiger partial charge on any atom is 0.425 e. The molecule has 50 heavy (non-hydrogen) atoms. The number of hydrogen-bond acceptors (Lipinski definition) is 10. The number of halogens is 3. The van der Waals surface area contributed by atoms with Gasteiger partial charge >= 0.3 is 6.18 Å². The van der Waals surface area contributed by atoms with E-state index in [0.717, 1.165) is 16.6 Å². The SMILES string of the molecule is C[Si](C)(C)CCOCN1NCC(OCC(COCc2ccccc2)OCCC(=O)N2CCN(c3ncccc3C#N)CC2)=C(C(F)(F)F)C1=O. The predicted octanol–water partition coefficient (Wildman–Crippen LogP) is 4.09. The van der Waals surface area contributed by atoms with Gasteiger partial charge in [0, 0.05) is 47.1 Å². The van der Waals surface area contributed by atoms with Crippen LogP contribution in [0.2, 0.25) is 25.7 Å². The second-order valence-electron chi connectivity index (χ2n) is 13.1. The molecule has 0 aliphatic carbocycles. The van der Waals surface area contributed by atoms with Crippen LogP contribution in [-0.4, -0.2) is 113 Å². The Kier molecular flexibility index (Phi) is 14.2. The van der Waals surface area contributed by atoms with E-state index in [1.54, 1.807) is 23.2 Å². The molecule has 0 bridgehead atoms. The van der Waals surface area contributed by atoms with E-state index in [9.17, 15) is 28.0 Å². The summed E-state index contributed by atoms with van der Waals surface area (Å²) in [4.78, 5) is 33.9. The molecule has 2 aliphatic heterocycles. The number of benzene rings is 1. The fourth-order valence-electron chi connectivity index (χ4n) is 5.22. The molecule has 12 nitrogen and oxygen atoms in total. The Morgan fingerprint density at radius 2 is 1.78 bits per heavy atom. The minimum atomic E-state index is -4.96. The molecule has 1 aromatic heterocycles. The molecular formula is C34H45F3N6O6Si. The average Bonchev–Trinajstić information content (AvgIpc) is 3.09. The predicted molar refractivity (Wildman–Crippen MR) is 181 cm³/mol. The molecule has 2 aromatic rings. The molecule has 0 radical (unpaired) electrons. The molecule has 1 unspecified atom stereocenters. The van der Waals surface area contributed by atoms with E-state index in [-0.39, 0.29) is 52.0 Å². The lowest BCUT2D eigenvalue weighted by Gasteiger charge is -2.35. The molecule has 1 atom stereocenters. The maximum absolute atomic E-state index is 14.1. The Balaban J connectivity index is 1.33. The fraction of sp³-hybridized carbons (Fsp3) is 0.529. The van der Waals surface area contributed by atoms with Crippen molar-refractivity contribution in [2.45, 2.75) is 51.0 Å². The topological polar surface area (TPSA) is 129 Å². The molecule has 0 saturated carbocycles. The van der Waals surface area contributed by atoms with E-state index in [2.05, 4.69) is 36.1 Å². The summed E-state index contributed by atoms with van der Waals surface area (Å²) in [6.45, 7) is 7.79. The number of carbonyl (C=O) groups excluding carboxylic acids is 2. The van der Waals surface area contributed by atoms with Gasteiger partial charge in [-0.3, -0.25) is 9.59 Å². The highest BCUT2D eigenvalue weighted by atomic mass is 28.3. The van der Waals surface area contributed by atoms with Crippen LogP contribution in [0.15, 0.2) is 60.0 Å². The molecule has 2 amide bonds. The number of carbonyl (C=O) groups is 2. The Bertz CT molecular complexity index is 1490. The Morgan fingerprint density at radius 1 is 1.04 bits per heavy atom. The summed E-state index contributed by atoms with van der Waals surface area (Å²) >= 11 is 0. The lowest BCUT2D eigenvalue weighted by Crippen LogP contribution is -2.52. The first-order chi connectivity index (χ1) is 23.9. The first kappa shape index (κ1) is 38.8.